The molecule has 3 aromatic rings. The Morgan fingerprint density at radius 1 is 1.43 bits per heavy atom. The topological polar surface area (TPSA) is 81.2 Å². The number of aryl methyl sites for hydroxylation is 2. The molecular weight excluding hydrogens is 286 g/mol. The molecule has 0 bridgehead atoms. The Kier molecular flexibility index (Phi) is 3.39. The van der Waals surface area contributed by atoms with Crippen molar-refractivity contribution in [3.8, 4) is 0 Å². The lowest BCUT2D eigenvalue weighted by Crippen LogP contribution is -2.09. The fraction of sp³-hybridized carbons (Fsp3) is 0.200. The Morgan fingerprint density at radius 2 is 2.24 bits per heavy atom. The molecule has 0 unspecified atom stereocenters. The van der Waals surface area contributed by atoms with E-state index in [0.29, 0.717) is 22.1 Å². The van der Waals surface area contributed by atoms with Gasteiger partial charge in [0.2, 0.25) is 0 Å². The standard InChI is InChI=1S/C15H15N3O2S/c1-3-14-18-11-6-9(4-5-12(11)20-14)17-15(19)13-7-10(16)8(2)21-13/h4-7H,3,16H2,1-2H3,(H,17,19). The fourth-order valence-corrected chi connectivity index (χ4v) is 2.84. The molecule has 0 aliphatic heterocycles. The Hall–Kier alpha value is -2.34. The van der Waals surface area contributed by atoms with Crippen LogP contribution in [0.3, 0.4) is 0 Å². The molecule has 0 saturated carbocycles. The van der Waals surface area contributed by atoms with E-state index in [1.807, 2.05) is 19.9 Å². The molecule has 3 rings (SSSR count). The van der Waals surface area contributed by atoms with E-state index in [4.69, 9.17) is 10.2 Å². The summed E-state index contributed by atoms with van der Waals surface area (Å²) in [6, 6.07) is 7.11. The first kappa shape index (κ1) is 13.6. The van der Waals surface area contributed by atoms with E-state index >= 15 is 0 Å². The summed E-state index contributed by atoms with van der Waals surface area (Å²) < 4.78 is 5.54. The van der Waals surface area contributed by atoms with Crippen LogP contribution in [0.5, 0.6) is 0 Å². The highest BCUT2D eigenvalue weighted by Crippen LogP contribution is 2.25. The highest BCUT2D eigenvalue weighted by molar-refractivity contribution is 7.14. The summed E-state index contributed by atoms with van der Waals surface area (Å²) in [4.78, 5) is 18.1. The lowest BCUT2D eigenvalue weighted by Gasteiger charge is -2.02. The smallest absolute Gasteiger partial charge is 0.265 e. The zero-order chi connectivity index (χ0) is 15.0. The molecule has 2 heterocycles. The van der Waals surface area contributed by atoms with Gasteiger partial charge in [0, 0.05) is 22.7 Å². The molecule has 0 fully saturated rings. The van der Waals surface area contributed by atoms with Crippen molar-refractivity contribution in [1.29, 1.82) is 0 Å². The average Bonchev–Trinajstić information content (AvgIpc) is 3.02. The van der Waals surface area contributed by atoms with Crippen LogP contribution in [0.2, 0.25) is 0 Å². The number of rotatable bonds is 3. The molecular formula is C15H15N3O2S. The summed E-state index contributed by atoms with van der Waals surface area (Å²) in [5.74, 6) is 0.522. The molecule has 6 heteroatoms. The maximum Gasteiger partial charge on any atom is 0.265 e. The monoisotopic (exact) mass is 301 g/mol. The van der Waals surface area contributed by atoms with Crippen molar-refractivity contribution in [2.45, 2.75) is 20.3 Å². The quantitative estimate of drug-likeness (QED) is 0.774. The number of aromatic nitrogens is 1. The molecule has 0 aliphatic rings. The molecule has 1 aromatic carbocycles. The van der Waals surface area contributed by atoms with Gasteiger partial charge in [-0.05, 0) is 31.2 Å². The van der Waals surface area contributed by atoms with Crippen LogP contribution in [0.15, 0.2) is 28.7 Å². The maximum absolute atomic E-state index is 12.2. The normalized spacial score (nSPS) is 11.0. The van der Waals surface area contributed by atoms with E-state index in [0.717, 1.165) is 22.4 Å². The van der Waals surface area contributed by atoms with Crippen LogP contribution in [0, 0.1) is 6.92 Å². The molecule has 5 nitrogen and oxygen atoms in total. The van der Waals surface area contributed by atoms with Gasteiger partial charge in [-0.25, -0.2) is 4.98 Å². The Balaban J connectivity index is 1.85. The predicted molar refractivity (Wildman–Crippen MR) is 84.8 cm³/mol. The molecule has 1 amide bonds. The predicted octanol–water partition coefficient (Wildman–Crippen LogP) is 3.59. The molecule has 0 saturated heterocycles. The van der Waals surface area contributed by atoms with Gasteiger partial charge in [0.25, 0.3) is 5.91 Å². The van der Waals surface area contributed by atoms with Crippen molar-refractivity contribution in [3.63, 3.8) is 0 Å². The summed E-state index contributed by atoms with van der Waals surface area (Å²) >= 11 is 1.38. The minimum absolute atomic E-state index is 0.168. The van der Waals surface area contributed by atoms with E-state index in [-0.39, 0.29) is 5.91 Å². The summed E-state index contributed by atoms with van der Waals surface area (Å²) in [5, 5.41) is 2.85. The summed E-state index contributed by atoms with van der Waals surface area (Å²) in [7, 11) is 0. The van der Waals surface area contributed by atoms with Crippen molar-refractivity contribution in [2.75, 3.05) is 11.1 Å². The lowest BCUT2D eigenvalue weighted by molar-refractivity contribution is 0.103. The van der Waals surface area contributed by atoms with Gasteiger partial charge in [-0.3, -0.25) is 4.79 Å². The zero-order valence-corrected chi connectivity index (χ0v) is 12.6. The van der Waals surface area contributed by atoms with Gasteiger partial charge in [-0.1, -0.05) is 6.92 Å². The number of carbonyl (C=O) groups is 1. The van der Waals surface area contributed by atoms with E-state index in [9.17, 15) is 4.79 Å². The Morgan fingerprint density at radius 3 is 2.90 bits per heavy atom. The molecule has 21 heavy (non-hydrogen) atoms. The second-order valence-electron chi connectivity index (χ2n) is 4.72. The second-order valence-corrected chi connectivity index (χ2v) is 5.98. The van der Waals surface area contributed by atoms with E-state index in [1.54, 1.807) is 18.2 Å². The average molecular weight is 301 g/mol. The van der Waals surface area contributed by atoms with Gasteiger partial charge < -0.3 is 15.5 Å². The number of amides is 1. The zero-order valence-electron chi connectivity index (χ0n) is 11.8. The number of nitrogens with one attached hydrogen (secondary N) is 1. The molecule has 0 spiro atoms. The number of hydrogen-bond donors (Lipinski definition) is 2. The van der Waals surface area contributed by atoms with E-state index < -0.39 is 0 Å². The van der Waals surface area contributed by atoms with Crippen LogP contribution in [0.25, 0.3) is 11.1 Å². The first-order valence-electron chi connectivity index (χ1n) is 6.63. The Bertz CT molecular complexity index is 800. The minimum Gasteiger partial charge on any atom is -0.441 e. The number of carbonyl (C=O) groups excluding carboxylic acids is 1. The molecule has 0 radical (unpaired) electrons. The highest BCUT2D eigenvalue weighted by atomic mass is 32.1. The van der Waals surface area contributed by atoms with Gasteiger partial charge in [-0.15, -0.1) is 11.3 Å². The third-order valence-electron chi connectivity index (χ3n) is 3.17. The summed E-state index contributed by atoms with van der Waals surface area (Å²) in [6.07, 6.45) is 0.740. The molecule has 2 aromatic heterocycles. The number of hydrogen-bond acceptors (Lipinski definition) is 5. The van der Waals surface area contributed by atoms with E-state index in [1.165, 1.54) is 11.3 Å². The summed E-state index contributed by atoms with van der Waals surface area (Å²) in [5.41, 5.74) is 8.57. The minimum atomic E-state index is -0.168. The lowest BCUT2D eigenvalue weighted by atomic mass is 10.2. The first-order chi connectivity index (χ1) is 10.1. The Labute approximate surface area is 125 Å². The van der Waals surface area contributed by atoms with Crippen LogP contribution in [-0.4, -0.2) is 10.9 Å². The number of benzene rings is 1. The van der Waals surface area contributed by atoms with Gasteiger partial charge >= 0.3 is 0 Å². The number of nitrogen functional groups attached to an aromatic ring is 1. The third kappa shape index (κ3) is 2.62. The second kappa shape index (κ2) is 5.21. The highest BCUT2D eigenvalue weighted by Gasteiger charge is 2.12. The van der Waals surface area contributed by atoms with Gasteiger partial charge in [0.15, 0.2) is 11.5 Å². The largest absolute Gasteiger partial charge is 0.441 e. The van der Waals surface area contributed by atoms with Crippen LogP contribution >= 0.6 is 11.3 Å². The third-order valence-corrected chi connectivity index (χ3v) is 4.24. The van der Waals surface area contributed by atoms with Gasteiger partial charge in [-0.2, -0.15) is 0 Å². The van der Waals surface area contributed by atoms with Crippen LogP contribution < -0.4 is 11.1 Å². The maximum atomic E-state index is 12.2. The molecule has 0 aliphatic carbocycles. The number of anilines is 2. The molecule has 108 valence electrons. The van der Waals surface area contributed by atoms with Crippen molar-refractivity contribution in [2.24, 2.45) is 0 Å². The number of nitrogens with two attached hydrogens (primary N) is 1. The number of fused-ring (bicyclic) bond motifs is 1. The van der Waals surface area contributed by atoms with Gasteiger partial charge in [0.1, 0.15) is 5.52 Å². The van der Waals surface area contributed by atoms with Crippen LogP contribution in [0.1, 0.15) is 27.4 Å². The van der Waals surface area contributed by atoms with Crippen molar-refractivity contribution in [3.05, 3.63) is 39.9 Å². The number of oxazole rings is 1. The summed E-state index contributed by atoms with van der Waals surface area (Å²) in [6.45, 7) is 3.88. The van der Waals surface area contributed by atoms with Crippen molar-refractivity contribution < 1.29 is 9.21 Å². The SMILES string of the molecule is CCc1nc2cc(NC(=O)c3cc(N)c(C)s3)ccc2o1. The number of thiophene rings is 1. The van der Waals surface area contributed by atoms with Crippen LogP contribution in [0.4, 0.5) is 11.4 Å². The van der Waals surface area contributed by atoms with Crippen LogP contribution in [-0.2, 0) is 6.42 Å². The number of nitrogens with zero attached hydrogens (tertiary/aromatic N) is 1. The van der Waals surface area contributed by atoms with Crippen molar-refractivity contribution in [1.82, 2.24) is 4.98 Å². The van der Waals surface area contributed by atoms with Gasteiger partial charge in [0.05, 0.1) is 4.88 Å². The first-order valence-corrected chi connectivity index (χ1v) is 7.45. The molecule has 0 atom stereocenters. The van der Waals surface area contributed by atoms with E-state index in [2.05, 4.69) is 10.3 Å². The fourth-order valence-electron chi connectivity index (χ4n) is 2.00. The van der Waals surface area contributed by atoms with Crippen molar-refractivity contribution >= 4 is 39.7 Å². The molecule has 3 N–H and O–H groups in total.